The van der Waals surface area contributed by atoms with Gasteiger partial charge in [0.2, 0.25) is 5.91 Å². The van der Waals surface area contributed by atoms with Gasteiger partial charge in [0.15, 0.2) is 0 Å². The number of benzene rings is 1. The van der Waals surface area contributed by atoms with Crippen LogP contribution in [0.2, 0.25) is 5.02 Å². The number of fused-ring (bicyclic) bond motifs is 1. The molecule has 1 aromatic heterocycles. The molecule has 1 fully saturated rings. The number of methoxy groups -OCH3 is 1. The Morgan fingerprint density at radius 1 is 1.16 bits per heavy atom. The molecule has 1 saturated heterocycles. The van der Waals surface area contributed by atoms with Crippen LogP contribution < -0.4 is 5.32 Å². The lowest BCUT2D eigenvalue weighted by Crippen LogP contribution is -2.49. The summed E-state index contributed by atoms with van der Waals surface area (Å²) in [5.41, 5.74) is 2.71. The number of esters is 1. The zero-order chi connectivity index (χ0) is 21.8. The molecule has 1 aliphatic carbocycles. The molecular formula is C23H27ClN4O3. The SMILES string of the molecule is COC(=O)c1[nH]c2ccc(Cl)cc2c1NC(=O)CN1CCN(CC2=CCCC=C2)CC1. The van der Waals surface area contributed by atoms with Crippen molar-refractivity contribution >= 4 is 40.1 Å². The van der Waals surface area contributed by atoms with E-state index in [1.54, 1.807) is 18.2 Å². The third kappa shape index (κ3) is 5.18. The Hall–Kier alpha value is -2.61. The number of aromatic nitrogens is 1. The second kappa shape index (κ2) is 9.68. The van der Waals surface area contributed by atoms with Crippen molar-refractivity contribution < 1.29 is 14.3 Å². The highest BCUT2D eigenvalue weighted by molar-refractivity contribution is 6.31. The molecular weight excluding hydrogens is 416 g/mol. The largest absolute Gasteiger partial charge is 0.464 e. The van der Waals surface area contributed by atoms with Crippen molar-refractivity contribution in [3.8, 4) is 0 Å². The van der Waals surface area contributed by atoms with Crippen molar-refractivity contribution in [1.29, 1.82) is 0 Å². The summed E-state index contributed by atoms with van der Waals surface area (Å²) >= 11 is 6.13. The number of nitrogens with zero attached hydrogens (tertiary/aromatic N) is 2. The number of ether oxygens (including phenoxy) is 1. The van der Waals surface area contributed by atoms with E-state index >= 15 is 0 Å². The zero-order valence-corrected chi connectivity index (χ0v) is 18.4. The molecule has 164 valence electrons. The van der Waals surface area contributed by atoms with E-state index in [9.17, 15) is 9.59 Å². The molecule has 7 nitrogen and oxygen atoms in total. The zero-order valence-electron chi connectivity index (χ0n) is 17.6. The minimum absolute atomic E-state index is 0.169. The minimum Gasteiger partial charge on any atom is -0.464 e. The Balaban J connectivity index is 1.37. The van der Waals surface area contributed by atoms with E-state index in [4.69, 9.17) is 16.3 Å². The Morgan fingerprint density at radius 3 is 2.65 bits per heavy atom. The van der Waals surface area contributed by atoms with Gasteiger partial charge in [0.25, 0.3) is 0 Å². The first-order valence-corrected chi connectivity index (χ1v) is 10.9. The first kappa shape index (κ1) is 21.6. The fraction of sp³-hybridized carbons (Fsp3) is 0.391. The van der Waals surface area contributed by atoms with E-state index in [0.717, 1.165) is 45.6 Å². The first-order valence-electron chi connectivity index (χ1n) is 10.5. The van der Waals surface area contributed by atoms with Gasteiger partial charge in [0.05, 0.1) is 19.3 Å². The summed E-state index contributed by atoms with van der Waals surface area (Å²) in [6, 6.07) is 5.23. The normalized spacial score (nSPS) is 17.5. The summed E-state index contributed by atoms with van der Waals surface area (Å²) in [5.74, 6) is -0.709. The molecule has 2 aromatic rings. The molecule has 31 heavy (non-hydrogen) atoms. The number of H-pyrrole nitrogens is 1. The van der Waals surface area contributed by atoms with Crippen LogP contribution in [0.25, 0.3) is 10.9 Å². The quantitative estimate of drug-likeness (QED) is 0.670. The molecule has 0 saturated carbocycles. The number of aromatic amines is 1. The van der Waals surface area contributed by atoms with E-state index < -0.39 is 5.97 Å². The van der Waals surface area contributed by atoms with E-state index in [0.29, 0.717) is 21.6 Å². The molecule has 2 N–H and O–H groups in total. The predicted molar refractivity (Wildman–Crippen MR) is 123 cm³/mol. The molecule has 0 radical (unpaired) electrons. The van der Waals surface area contributed by atoms with Crippen molar-refractivity contribution in [2.75, 3.05) is 51.7 Å². The summed E-state index contributed by atoms with van der Waals surface area (Å²) in [5, 5.41) is 4.10. The van der Waals surface area contributed by atoms with Gasteiger partial charge in [-0.3, -0.25) is 14.6 Å². The summed E-state index contributed by atoms with van der Waals surface area (Å²) in [6.07, 6.45) is 9.02. The maximum Gasteiger partial charge on any atom is 0.356 e. The second-order valence-corrected chi connectivity index (χ2v) is 8.35. The van der Waals surface area contributed by atoms with Gasteiger partial charge in [0, 0.05) is 48.6 Å². The van der Waals surface area contributed by atoms with Crippen LogP contribution in [0.3, 0.4) is 0 Å². The highest BCUT2D eigenvalue weighted by Crippen LogP contribution is 2.30. The van der Waals surface area contributed by atoms with E-state index in [-0.39, 0.29) is 18.1 Å². The molecule has 8 heteroatoms. The van der Waals surface area contributed by atoms with Crippen molar-refractivity contribution in [2.24, 2.45) is 0 Å². The number of halogens is 1. The van der Waals surface area contributed by atoms with Crippen molar-refractivity contribution in [1.82, 2.24) is 14.8 Å². The van der Waals surface area contributed by atoms with Crippen molar-refractivity contribution in [2.45, 2.75) is 12.8 Å². The molecule has 1 aliphatic heterocycles. The lowest BCUT2D eigenvalue weighted by Gasteiger charge is -2.34. The summed E-state index contributed by atoms with van der Waals surface area (Å²) in [4.78, 5) is 32.6. The van der Waals surface area contributed by atoms with Gasteiger partial charge in [-0.05, 0) is 36.6 Å². The topological polar surface area (TPSA) is 77.7 Å². The van der Waals surface area contributed by atoms with Gasteiger partial charge in [-0.2, -0.15) is 0 Å². The number of piperazine rings is 1. The predicted octanol–water partition coefficient (Wildman–Crippen LogP) is 3.44. The highest BCUT2D eigenvalue weighted by Gasteiger charge is 2.23. The molecule has 0 atom stereocenters. The fourth-order valence-corrected chi connectivity index (χ4v) is 4.25. The molecule has 1 amide bonds. The van der Waals surface area contributed by atoms with Crippen LogP contribution in [-0.2, 0) is 9.53 Å². The Bertz CT molecular complexity index is 1030. The lowest BCUT2D eigenvalue weighted by molar-refractivity contribution is -0.117. The standard InChI is InChI=1S/C23H27ClN4O3/c1-31-23(30)22-21(18-13-17(24)7-8-19(18)25-22)26-20(29)15-28-11-9-27(10-12-28)14-16-5-3-2-4-6-16/h3,5-8,13,25H,2,4,9-12,14-15H2,1H3,(H,26,29). The molecule has 4 rings (SSSR count). The number of carbonyl (C=O) groups is 2. The van der Waals surface area contributed by atoms with Crippen LogP contribution in [0, 0.1) is 0 Å². The van der Waals surface area contributed by atoms with Crippen LogP contribution in [0.15, 0.2) is 42.0 Å². The summed E-state index contributed by atoms with van der Waals surface area (Å²) < 4.78 is 4.86. The molecule has 1 aromatic carbocycles. The van der Waals surface area contributed by atoms with Gasteiger partial charge in [-0.15, -0.1) is 0 Å². The van der Waals surface area contributed by atoms with E-state index in [1.807, 2.05) is 0 Å². The summed E-state index contributed by atoms with van der Waals surface area (Å²) in [6.45, 7) is 4.74. The molecule has 2 aliphatic rings. The van der Waals surface area contributed by atoms with Gasteiger partial charge in [-0.25, -0.2) is 4.79 Å². The van der Waals surface area contributed by atoms with Crippen LogP contribution in [0.5, 0.6) is 0 Å². The first-order chi connectivity index (χ1) is 15.0. The van der Waals surface area contributed by atoms with Crippen molar-refractivity contribution in [3.05, 3.63) is 52.7 Å². The lowest BCUT2D eigenvalue weighted by atomic mass is 10.1. The van der Waals surface area contributed by atoms with Gasteiger partial charge in [-0.1, -0.05) is 29.8 Å². The molecule has 0 spiro atoms. The van der Waals surface area contributed by atoms with E-state index in [1.165, 1.54) is 12.7 Å². The van der Waals surface area contributed by atoms with E-state index in [2.05, 4.69) is 38.3 Å². The average molecular weight is 443 g/mol. The smallest absolute Gasteiger partial charge is 0.356 e. The fourth-order valence-electron chi connectivity index (χ4n) is 4.08. The Morgan fingerprint density at radius 2 is 1.94 bits per heavy atom. The highest BCUT2D eigenvalue weighted by atomic mass is 35.5. The maximum absolute atomic E-state index is 12.8. The number of hydrogen-bond donors (Lipinski definition) is 2. The van der Waals surface area contributed by atoms with Gasteiger partial charge < -0.3 is 15.0 Å². The maximum atomic E-state index is 12.8. The number of rotatable bonds is 6. The van der Waals surface area contributed by atoms with Gasteiger partial charge in [0.1, 0.15) is 5.69 Å². The number of hydrogen-bond acceptors (Lipinski definition) is 5. The minimum atomic E-state index is -0.540. The van der Waals surface area contributed by atoms with Crippen molar-refractivity contribution in [3.63, 3.8) is 0 Å². The number of carbonyl (C=O) groups excluding carboxylic acids is 2. The monoisotopic (exact) mass is 442 g/mol. The Labute approximate surface area is 186 Å². The number of anilines is 1. The third-order valence-corrected chi connectivity index (χ3v) is 5.96. The third-order valence-electron chi connectivity index (χ3n) is 5.72. The van der Waals surface area contributed by atoms with Crippen LogP contribution in [0.4, 0.5) is 5.69 Å². The average Bonchev–Trinajstić information content (AvgIpc) is 3.12. The van der Waals surface area contributed by atoms with Gasteiger partial charge >= 0.3 is 5.97 Å². The second-order valence-electron chi connectivity index (χ2n) is 7.92. The van der Waals surface area contributed by atoms with Crippen LogP contribution in [-0.4, -0.2) is 73.0 Å². The number of allylic oxidation sites excluding steroid dienone is 2. The molecule has 0 bridgehead atoms. The number of amides is 1. The van der Waals surface area contributed by atoms with Crippen LogP contribution >= 0.6 is 11.6 Å². The Kier molecular flexibility index (Phi) is 6.75. The summed E-state index contributed by atoms with van der Waals surface area (Å²) in [7, 11) is 1.31. The molecule has 0 unspecified atom stereocenters. The number of nitrogens with one attached hydrogen (secondary N) is 2. The van der Waals surface area contributed by atoms with Crippen LogP contribution in [0.1, 0.15) is 23.3 Å². The molecule has 2 heterocycles.